The SMILES string of the molecule is COCc1nnc(SCc2ccccc2C(=O)N2CCCC2)n1-c1ccc(F)cc1. The molecule has 6 nitrogen and oxygen atoms in total. The summed E-state index contributed by atoms with van der Waals surface area (Å²) in [5.74, 6) is 0.989. The minimum Gasteiger partial charge on any atom is -0.377 e. The number of hydrogen-bond donors (Lipinski definition) is 0. The van der Waals surface area contributed by atoms with Crippen LogP contribution in [0.15, 0.2) is 53.7 Å². The molecular weight excluding hydrogens is 403 g/mol. The average molecular weight is 427 g/mol. The topological polar surface area (TPSA) is 60.3 Å². The third kappa shape index (κ3) is 4.39. The Kier molecular flexibility index (Phi) is 6.44. The molecule has 0 spiro atoms. The van der Waals surface area contributed by atoms with Gasteiger partial charge in [0.05, 0.1) is 0 Å². The number of likely N-dealkylation sites (tertiary alicyclic amines) is 1. The van der Waals surface area contributed by atoms with Gasteiger partial charge < -0.3 is 9.64 Å². The number of hydrogen-bond acceptors (Lipinski definition) is 5. The van der Waals surface area contributed by atoms with E-state index in [0.29, 0.717) is 16.7 Å². The molecule has 1 amide bonds. The van der Waals surface area contributed by atoms with Crippen LogP contribution >= 0.6 is 11.8 Å². The van der Waals surface area contributed by atoms with Crippen molar-refractivity contribution in [1.82, 2.24) is 19.7 Å². The first kappa shape index (κ1) is 20.6. The zero-order valence-electron chi connectivity index (χ0n) is 16.8. The van der Waals surface area contributed by atoms with Crippen molar-refractivity contribution < 1.29 is 13.9 Å². The molecule has 156 valence electrons. The second-order valence-corrected chi connectivity index (χ2v) is 8.03. The fraction of sp³-hybridized carbons (Fsp3) is 0.318. The van der Waals surface area contributed by atoms with Gasteiger partial charge in [-0.1, -0.05) is 30.0 Å². The highest BCUT2D eigenvalue weighted by atomic mass is 32.2. The number of nitrogens with zero attached hydrogens (tertiary/aromatic N) is 4. The Bertz CT molecular complexity index is 1020. The summed E-state index contributed by atoms with van der Waals surface area (Å²) >= 11 is 1.49. The zero-order chi connectivity index (χ0) is 20.9. The molecule has 8 heteroatoms. The van der Waals surface area contributed by atoms with Gasteiger partial charge in [0.2, 0.25) is 0 Å². The van der Waals surface area contributed by atoms with Gasteiger partial charge in [0.25, 0.3) is 5.91 Å². The Morgan fingerprint density at radius 3 is 2.57 bits per heavy atom. The van der Waals surface area contributed by atoms with Crippen molar-refractivity contribution in [3.8, 4) is 5.69 Å². The van der Waals surface area contributed by atoms with Gasteiger partial charge >= 0.3 is 0 Å². The van der Waals surface area contributed by atoms with Gasteiger partial charge in [-0.15, -0.1) is 10.2 Å². The van der Waals surface area contributed by atoms with E-state index >= 15 is 0 Å². The molecule has 0 bridgehead atoms. The quantitative estimate of drug-likeness (QED) is 0.533. The highest BCUT2D eigenvalue weighted by Crippen LogP contribution is 2.28. The van der Waals surface area contributed by atoms with Crippen LogP contribution in [-0.4, -0.2) is 45.8 Å². The summed E-state index contributed by atoms with van der Waals surface area (Å²) in [6.45, 7) is 1.92. The lowest BCUT2D eigenvalue weighted by Gasteiger charge is -2.17. The van der Waals surface area contributed by atoms with Crippen LogP contribution in [0.1, 0.15) is 34.6 Å². The van der Waals surface area contributed by atoms with Gasteiger partial charge in [0.15, 0.2) is 11.0 Å². The Morgan fingerprint density at radius 1 is 1.10 bits per heavy atom. The first-order valence-electron chi connectivity index (χ1n) is 9.86. The summed E-state index contributed by atoms with van der Waals surface area (Å²) in [5, 5.41) is 9.21. The molecule has 3 aromatic rings. The van der Waals surface area contributed by atoms with Crippen LogP contribution in [-0.2, 0) is 17.1 Å². The number of carbonyl (C=O) groups excluding carboxylic acids is 1. The van der Waals surface area contributed by atoms with Crippen LogP contribution in [0.2, 0.25) is 0 Å². The van der Waals surface area contributed by atoms with Gasteiger partial charge in [-0.05, 0) is 48.7 Å². The number of thioether (sulfide) groups is 1. The molecule has 1 aliphatic rings. The van der Waals surface area contributed by atoms with Crippen molar-refractivity contribution in [3.05, 3.63) is 71.3 Å². The van der Waals surface area contributed by atoms with Gasteiger partial charge in [-0.2, -0.15) is 0 Å². The lowest BCUT2D eigenvalue weighted by molar-refractivity contribution is 0.0792. The van der Waals surface area contributed by atoms with E-state index in [1.54, 1.807) is 19.2 Å². The monoisotopic (exact) mass is 426 g/mol. The molecule has 1 aliphatic heterocycles. The van der Waals surface area contributed by atoms with Gasteiger partial charge in [-0.3, -0.25) is 9.36 Å². The summed E-state index contributed by atoms with van der Waals surface area (Å²) in [5.41, 5.74) is 2.45. The number of amides is 1. The summed E-state index contributed by atoms with van der Waals surface area (Å²) in [6.07, 6.45) is 2.12. The molecule has 0 N–H and O–H groups in total. The van der Waals surface area contributed by atoms with Crippen LogP contribution < -0.4 is 0 Å². The Morgan fingerprint density at radius 2 is 1.83 bits per heavy atom. The second kappa shape index (κ2) is 9.40. The molecule has 0 unspecified atom stereocenters. The van der Waals surface area contributed by atoms with E-state index in [4.69, 9.17) is 4.74 Å². The predicted octanol–water partition coefficient (Wildman–Crippen LogP) is 4.08. The van der Waals surface area contributed by atoms with Gasteiger partial charge in [-0.25, -0.2) is 4.39 Å². The van der Waals surface area contributed by atoms with E-state index in [2.05, 4.69) is 10.2 Å². The smallest absolute Gasteiger partial charge is 0.254 e. The van der Waals surface area contributed by atoms with Crippen molar-refractivity contribution in [2.24, 2.45) is 0 Å². The Hall–Kier alpha value is -2.71. The maximum atomic E-state index is 13.4. The number of benzene rings is 2. The van der Waals surface area contributed by atoms with Crippen LogP contribution in [0, 0.1) is 5.82 Å². The summed E-state index contributed by atoms with van der Waals surface area (Å²) in [7, 11) is 1.59. The third-order valence-corrected chi connectivity index (χ3v) is 6.03. The van der Waals surface area contributed by atoms with Crippen LogP contribution in [0.4, 0.5) is 4.39 Å². The van der Waals surface area contributed by atoms with E-state index in [1.807, 2.05) is 33.7 Å². The number of carbonyl (C=O) groups is 1. The molecule has 1 aromatic heterocycles. The molecule has 1 fully saturated rings. The molecule has 2 aromatic carbocycles. The highest BCUT2D eigenvalue weighted by Gasteiger charge is 2.22. The van der Waals surface area contributed by atoms with E-state index in [-0.39, 0.29) is 18.3 Å². The highest BCUT2D eigenvalue weighted by molar-refractivity contribution is 7.98. The fourth-order valence-corrected chi connectivity index (χ4v) is 4.53. The molecule has 0 radical (unpaired) electrons. The Balaban J connectivity index is 1.59. The van der Waals surface area contributed by atoms with Crippen LogP contribution in [0.3, 0.4) is 0 Å². The van der Waals surface area contributed by atoms with Gasteiger partial charge in [0.1, 0.15) is 12.4 Å². The van der Waals surface area contributed by atoms with E-state index in [0.717, 1.165) is 42.7 Å². The van der Waals surface area contributed by atoms with Crippen LogP contribution in [0.5, 0.6) is 0 Å². The predicted molar refractivity (Wildman–Crippen MR) is 113 cm³/mol. The lowest BCUT2D eigenvalue weighted by atomic mass is 10.1. The van der Waals surface area contributed by atoms with Gasteiger partial charge in [0, 0.05) is 37.2 Å². The molecule has 0 atom stereocenters. The van der Waals surface area contributed by atoms with Crippen molar-refractivity contribution in [2.45, 2.75) is 30.4 Å². The normalized spacial score (nSPS) is 13.7. The molecule has 2 heterocycles. The van der Waals surface area contributed by atoms with Crippen molar-refractivity contribution in [2.75, 3.05) is 20.2 Å². The maximum Gasteiger partial charge on any atom is 0.254 e. The molecule has 4 rings (SSSR count). The van der Waals surface area contributed by atoms with E-state index < -0.39 is 0 Å². The minimum atomic E-state index is -0.302. The number of halogens is 1. The first-order chi connectivity index (χ1) is 14.7. The standard InChI is InChI=1S/C22H23FN4O2S/c1-29-14-20-24-25-22(27(20)18-10-8-17(23)9-11-18)30-15-16-6-2-3-7-19(16)21(28)26-12-4-5-13-26/h2-3,6-11H,4-5,12-15H2,1H3. The molecule has 0 aliphatic carbocycles. The van der Waals surface area contributed by atoms with E-state index in [1.165, 1.54) is 23.9 Å². The third-order valence-electron chi connectivity index (χ3n) is 5.06. The largest absolute Gasteiger partial charge is 0.377 e. The van der Waals surface area contributed by atoms with Crippen molar-refractivity contribution >= 4 is 17.7 Å². The molecule has 0 saturated carbocycles. The number of aromatic nitrogens is 3. The number of ether oxygens (including phenoxy) is 1. The van der Waals surface area contributed by atoms with E-state index in [9.17, 15) is 9.18 Å². The average Bonchev–Trinajstić information content (AvgIpc) is 3.43. The summed E-state index contributed by atoms with van der Waals surface area (Å²) in [6, 6.07) is 13.9. The second-order valence-electron chi connectivity index (χ2n) is 7.09. The number of methoxy groups -OCH3 is 1. The molecule has 30 heavy (non-hydrogen) atoms. The number of rotatable bonds is 7. The Labute approximate surface area is 179 Å². The zero-order valence-corrected chi connectivity index (χ0v) is 17.6. The summed E-state index contributed by atoms with van der Waals surface area (Å²) in [4.78, 5) is 14.8. The van der Waals surface area contributed by atoms with Crippen molar-refractivity contribution in [3.63, 3.8) is 0 Å². The maximum absolute atomic E-state index is 13.4. The minimum absolute atomic E-state index is 0.0868. The summed E-state index contributed by atoms with van der Waals surface area (Å²) < 4.78 is 20.5. The lowest BCUT2D eigenvalue weighted by Crippen LogP contribution is -2.28. The first-order valence-corrected chi connectivity index (χ1v) is 10.8. The van der Waals surface area contributed by atoms with Crippen LogP contribution in [0.25, 0.3) is 5.69 Å². The van der Waals surface area contributed by atoms with Crippen molar-refractivity contribution in [1.29, 1.82) is 0 Å². The molecular formula is C22H23FN4O2S. The molecule has 1 saturated heterocycles. The fourth-order valence-electron chi connectivity index (χ4n) is 3.55.